The van der Waals surface area contributed by atoms with Gasteiger partial charge in [0.2, 0.25) is 5.91 Å². The Balaban J connectivity index is 1.88. The van der Waals surface area contributed by atoms with Crippen LogP contribution in [0.15, 0.2) is 53.5 Å². The van der Waals surface area contributed by atoms with E-state index in [2.05, 4.69) is 10.2 Å². The molecule has 8 heteroatoms. The number of nitrogens with zero attached hydrogens (tertiary/aromatic N) is 2. The molecular weight excluding hydrogens is 405 g/mol. The summed E-state index contributed by atoms with van der Waals surface area (Å²) in [5, 5.41) is 22.3. The van der Waals surface area contributed by atoms with Crippen molar-refractivity contribution in [1.82, 2.24) is 9.88 Å². The van der Waals surface area contributed by atoms with Gasteiger partial charge < -0.3 is 24.8 Å². The monoisotopic (exact) mass is 439 g/mol. The second-order valence-electron chi connectivity index (χ2n) is 9.04. The fourth-order valence-electron chi connectivity index (χ4n) is 4.28. The Hall–Kier alpha value is -2.58. The van der Waals surface area contributed by atoms with Crippen molar-refractivity contribution < 1.29 is 14.8 Å². The van der Waals surface area contributed by atoms with Crippen molar-refractivity contribution >= 4 is 18.7 Å². The number of aromatic nitrogens is 1. The van der Waals surface area contributed by atoms with Gasteiger partial charge in [-0.15, -0.1) is 0 Å². The van der Waals surface area contributed by atoms with Crippen LogP contribution >= 0.6 is 0 Å². The first-order valence-corrected chi connectivity index (χ1v) is 11.5. The third kappa shape index (κ3) is 6.47. The van der Waals surface area contributed by atoms with E-state index in [1.54, 1.807) is 12.3 Å². The molecule has 0 saturated carbocycles. The number of hydrogen-bond acceptors (Lipinski definition) is 5. The Morgan fingerprint density at radius 1 is 1.09 bits per heavy atom. The van der Waals surface area contributed by atoms with Crippen LogP contribution in [0.5, 0.6) is 0 Å². The third-order valence-electron chi connectivity index (χ3n) is 5.98. The summed E-state index contributed by atoms with van der Waals surface area (Å²) in [6.45, 7) is 5.77. The van der Waals surface area contributed by atoms with E-state index < -0.39 is 25.0 Å². The van der Waals surface area contributed by atoms with Crippen molar-refractivity contribution in [3.05, 3.63) is 64.6 Å². The molecule has 7 nitrogen and oxygen atoms in total. The number of anilines is 1. The minimum absolute atomic E-state index is 0.168. The van der Waals surface area contributed by atoms with Crippen LogP contribution in [-0.4, -0.2) is 46.7 Å². The highest BCUT2D eigenvalue weighted by Gasteiger charge is 2.30. The minimum atomic E-state index is -1.67. The largest absolute Gasteiger partial charge is 0.475 e. The Labute approximate surface area is 190 Å². The summed E-state index contributed by atoms with van der Waals surface area (Å²) in [7, 11) is -1.67. The molecule has 0 spiro atoms. The van der Waals surface area contributed by atoms with E-state index >= 15 is 0 Å². The van der Waals surface area contributed by atoms with Crippen molar-refractivity contribution in [2.24, 2.45) is 5.92 Å². The van der Waals surface area contributed by atoms with Crippen LogP contribution in [0, 0.1) is 5.92 Å². The lowest BCUT2D eigenvalue weighted by molar-refractivity contribution is -0.124. The first-order valence-electron chi connectivity index (χ1n) is 11.5. The molecule has 1 aliphatic rings. The zero-order chi connectivity index (χ0) is 23.1. The lowest BCUT2D eigenvalue weighted by Crippen LogP contribution is -2.50. The summed E-state index contributed by atoms with van der Waals surface area (Å²) in [6, 6.07) is 12.2. The number of hydrogen-bond donors (Lipinski definition) is 3. The number of pyridine rings is 1. The maximum Gasteiger partial charge on any atom is 0.475 e. The zero-order valence-electron chi connectivity index (χ0n) is 19.0. The Kier molecular flexibility index (Phi) is 8.53. The summed E-state index contributed by atoms with van der Waals surface area (Å²) in [5.41, 5.74) is 1.56. The molecule has 3 N–H and O–H groups in total. The number of piperidine rings is 1. The van der Waals surface area contributed by atoms with Gasteiger partial charge in [-0.1, -0.05) is 44.2 Å². The van der Waals surface area contributed by atoms with Crippen molar-refractivity contribution in [2.75, 3.05) is 18.0 Å². The van der Waals surface area contributed by atoms with E-state index in [9.17, 15) is 19.6 Å². The number of carbonyl (C=O) groups excluding carboxylic acids is 1. The average Bonchev–Trinajstić information content (AvgIpc) is 2.78. The fraction of sp³-hybridized carbons (Fsp3) is 0.500. The van der Waals surface area contributed by atoms with E-state index in [0.29, 0.717) is 12.8 Å². The van der Waals surface area contributed by atoms with Crippen LogP contribution in [0.2, 0.25) is 0 Å². The smallest absolute Gasteiger partial charge is 0.426 e. The molecule has 0 radical (unpaired) electrons. The predicted octanol–water partition coefficient (Wildman–Crippen LogP) is 2.17. The molecule has 0 bridgehead atoms. The van der Waals surface area contributed by atoms with Crippen molar-refractivity contribution in [3.8, 4) is 0 Å². The number of benzene rings is 1. The summed E-state index contributed by atoms with van der Waals surface area (Å²) in [5.74, 6) is -1.04. The molecule has 1 aromatic heterocycles. The lowest BCUT2D eigenvalue weighted by atomic mass is 9.75. The van der Waals surface area contributed by atoms with Crippen LogP contribution in [0.25, 0.3) is 0 Å². The molecule has 1 amide bonds. The minimum Gasteiger partial charge on any atom is -0.426 e. The Morgan fingerprint density at radius 2 is 1.78 bits per heavy atom. The lowest BCUT2D eigenvalue weighted by Gasteiger charge is -2.29. The first-order chi connectivity index (χ1) is 15.3. The van der Waals surface area contributed by atoms with E-state index in [1.807, 2.05) is 50.2 Å². The van der Waals surface area contributed by atoms with Crippen LogP contribution < -0.4 is 15.8 Å². The van der Waals surface area contributed by atoms with Gasteiger partial charge in [-0.2, -0.15) is 0 Å². The van der Waals surface area contributed by atoms with Gasteiger partial charge in [-0.3, -0.25) is 9.59 Å². The van der Waals surface area contributed by atoms with E-state index in [4.69, 9.17) is 0 Å². The normalized spacial score (nSPS) is 16.0. The highest BCUT2D eigenvalue weighted by Crippen LogP contribution is 2.20. The highest BCUT2D eigenvalue weighted by atomic mass is 16.4. The molecule has 0 unspecified atom stereocenters. The van der Waals surface area contributed by atoms with E-state index in [1.165, 1.54) is 11.0 Å². The molecule has 3 rings (SSSR count). The van der Waals surface area contributed by atoms with Gasteiger partial charge >= 0.3 is 7.12 Å². The van der Waals surface area contributed by atoms with Gasteiger partial charge in [0.1, 0.15) is 6.04 Å². The van der Waals surface area contributed by atoms with Crippen LogP contribution in [-0.2, 0) is 11.2 Å². The molecule has 1 saturated heterocycles. The van der Waals surface area contributed by atoms with Crippen LogP contribution in [0.4, 0.5) is 5.69 Å². The topological polar surface area (TPSA) is 94.8 Å². The zero-order valence-corrected chi connectivity index (χ0v) is 19.0. The van der Waals surface area contributed by atoms with Gasteiger partial charge in [0.05, 0.1) is 5.94 Å². The second kappa shape index (κ2) is 11.3. The first kappa shape index (κ1) is 24.1. The van der Waals surface area contributed by atoms with Gasteiger partial charge in [0.25, 0.3) is 5.56 Å². The van der Waals surface area contributed by atoms with Gasteiger partial charge in [-0.05, 0) is 43.2 Å². The molecule has 2 atom stereocenters. The maximum atomic E-state index is 13.3. The average molecular weight is 439 g/mol. The maximum absolute atomic E-state index is 13.3. The highest BCUT2D eigenvalue weighted by molar-refractivity contribution is 6.43. The predicted molar refractivity (Wildman–Crippen MR) is 128 cm³/mol. The standard InChI is InChI=1S/C24H34BN3O4/c1-18(2)15-22(25(31)32)26-24(30)21(16-19-9-5-3-6-10-19)28-14-11-20(17-23(28)29)27-12-7-4-8-13-27/h3,5-6,9-11,14,17-18,21-22,31-32H,4,7-8,12-13,15-16H2,1-2H3,(H,26,30)/t21-,22-/m0/s1. The van der Waals surface area contributed by atoms with E-state index in [0.717, 1.165) is 37.2 Å². The summed E-state index contributed by atoms with van der Waals surface area (Å²) in [4.78, 5) is 28.6. The quantitative estimate of drug-likeness (QED) is 0.521. The Morgan fingerprint density at radius 3 is 2.38 bits per heavy atom. The fourth-order valence-corrected chi connectivity index (χ4v) is 4.28. The molecule has 2 aromatic rings. The molecular formula is C24H34BN3O4. The summed E-state index contributed by atoms with van der Waals surface area (Å²) >= 11 is 0. The van der Waals surface area contributed by atoms with Crippen molar-refractivity contribution in [3.63, 3.8) is 0 Å². The summed E-state index contributed by atoms with van der Waals surface area (Å²) in [6.07, 6.45) is 5.87. The number of carbonyl (C=O) groups is 1. The van der Waals surface area contributed by atoms with Gasteiger partial charge in [0, 0.05) is 37.5 Å². The number of rotatable bonds is 9. The molecule has 2 heterocycles. The van der Waals surface area contributed by atoms with Crippen molar-refractivity contribution in [2.45, 2.75) is 57.9 Å². The number of amides is 1. The molecule has 1 aliphatic heterocycles. The van der Waals surface area contributed by atoms with Crippen LogP contribution in [0.1, 0.15) is 51.1 Å². The van der Waals surface area contributed by atoms with Crippen molar-refractivity contribution in [1.29, 1.82) is 0 Å². The third-order valence-corrected chi connectivity index (χ3v) is 5.98. The molecule has 172 valence electrons. The number of nitrogens with one attached hydrogen (secondary N) is 1. The van der Waals surface area contributed by atoms with Crippen LogP contribution in [0.3, 0.4) is 0 Å². The molecule has 0 aliphatic carbocycles. The van der Waals surface area contributed by atoms with Gasteiger partial charge in [0.15, 0.2) is 0 Å². The van der Waals surface area contributed by atoms with Gasteiger partial charge in [-0.25, -0.2) is 0 Å². The molecule has 1 fully saturated rings. The summed E-state index contributed by atoms with van der Waals surface area (Å²) < 4.78 is 1.45. The second-order valence-corrected chi connectivity index (χ2v) is 9.04. The van der Waals surface area contributed by atoms with E-state index in [-0.39, 0.29) is 11.5 Å². The molecule has 1 aromatic carbocycles. The Bertz CT molecular complexity index is 926. The SMILES string of the molecule is CC(C)C[C@H](NC(=O)[C@H](Cc1ccccc1)n1ccc(N2CCCCC2)cc1=O)B(O)O. The molecule has 32 heavy (non-hydrogen) atoms.